The third-order valence-electron chi connectivity index (χ3n) is 2.73. The molecule has 0 aliphatic rings. The minimum atomic E-state index is -4.68. The maximum Gasteiger partial charge on any atom is 0.451 e. The third-order valence-corrected chi connectivity index (χ3v) is 2.73. The lowest BCUT2D eigenvalue weighted by Gasteiger charge is -2.16. The highest BCUT2D eigenvalue weighted by molar-refractivity contribution is 5.46. The molecule has 1 atom stereocenters. The van der Waals surface area contributed by atoms with Crippen LogP contribution in [0.4, 0.5) is 29.2 Å². The van der Waals surface area contributed by atoms with Gasteiger partial charge < -0.3 is 11.1 Å². The minimum Gasteiger partial charge on any atom is -0.384 e. The number of nitrogens with two attached hydrogens (primary N) is 1. The Bertz CT molecular complexity index is 625. The van der Waals surface area contributed by atoms with E-state index in [1.807, 2.05) is 0 Å². The van der Waals surface area contributed by atoms with Crippen LogP contribution in [0, 0.1) is 5.82 Å². The average Bonchev–Trinajstić information content (AvgIpc) is 2.37. The van der Waals surface area contributed by atoms with Gasteiger partial charge in [-0.15, -0.1) is 0 Å². The van der Waals surface area contributed by atoms with Crippen LogP contribution < -0.4 is 11.1 Å². The first-order chi connectivity index (χ1) is 9.75. The van der Waals surface area contributed by atoms with Gasteiger partial charge in [0.25, 0.3) is 0 Å². The lowest BCUT2D eigenvalue weighted by molar-refractivity contribution is -0.144. The number of nitrogens with zero attached hydrogens (tertiary/aromatic N) is 2. The summed E-state index contributed by atoms with van der Waals surface area (Å²) in [6.07, 6.45) is -4.68. The number of anilines is 2. The number of halogens is 4. The molecule has 0 aliphatic carbocycles. The number of hydrogen-bond donors (Lipinski definition) is 2. The largest absolute Gasteiger partial charge is 0.451 e. The van der Waals surface area contributed by atoms with Gasteiger partial charge in [0, 0.05) is 12.1 Å². The molecular formula is C13H12F4N4. The molecule has 2 rings (SSSR count). The second-order valence-corrected chi connectivity index (χ2v) is 4.42. The fraction of sp³-hybridized carbons (Fsp3) is 0.231. The molecule has 0 fully saturated rings. The first kappa shape index (κ1) is 15.0. The third kappa shape index (κ3) is 3.80. The molecule has 0 bridgehead atoms. The molecule has 1 aromatic carbocycles. The summed E-state index contributed by atoms with van der Waals surface area (Å²) in [6.45, 7) is 1.71. The molecule has 4 nitrogen and oxygen atoms in total. The number of hydrogen-bond acceptors (Lipinski definition) is 4. The molecule has 3 N–H and O–H groups in total. The van der Waals surface area contributed by atoms with E-state index >= 15 is 0 Å². The topological polar surface area (TPSA) is 63.8 Å². The van der Waals surface area contributed by atoms with Crippen molar-refractivity contribution in [2.45, 2.75) is 19.1 Å². The number of benzene rings is 1. The highest BCUT2D eigenvalue weighted by Gasteiger charge is 2.35. The Morgan fingerprint density at radius 1 is 1.14 bits per heavy atom. The van der Waals surface area contributed by atoms with Crippen LogP contribution in [0.5, 0.6) is 0 Å². The molecule has 0 radical (unpaired) electrons. The maximum atomic E-state index is 12.8. The van der Waals surface area contributed by atoms with E-state index in [4.69, 9.17) is 5.73 Å². The van der Waals surface area contributed by atoms with Gasteiger partial charge in [0.05, 0.1) is 0 Å². The summed E-state index contributed by atoms with van der Waals surface area (Å²) in [6, 6.07) is 6.42. The number of aromatic nitrogens is 2. The van der Waals surface area contributed by atoms with Crippen molar-refractivity contribution in [3.63, 3.8) is 0 Å². The van der Waals surface area contributed by atoms with E-state index in [9.17, 15) is 17.6 Å². The molecule has 0 amide bonds. The molecule has 0 saturated heterocycles. The lowest BCUT2D eigenvalue weighted by Crippen LogP contribution is -2.15. The molecule has 112 valence electrons. The first-order valence-corrected chi connectivity index (χ1v) is 5.99. The molecule has 1 heterocycles. The maximum absolute atomic E-state index is 12.8. The van der Waals surface area contributed by atoms with Crippen molar-refractivity contribution in [1.29, 1.82) is 0 Å². The SMILES string of the molecule is CC(Nc1cc(N)nc(C(F)(F)F)n1)c1ccc(F)cc1. The van der Waals surface area contributed by atoms with Gasteiger partial charge in [-0.05, 0) is 24.6 Å². The molecule has 1 aromatic heterocycles. The summed E-state index contributed by atoms with van der Waals surface area (Å²) < 4.78 is 50.6. The van der Waals surface area contributed by atoms with Crippen molar-refractivity contribution < 1.29 is 17.6 Å². The summed E-state index contributed by atoms with van der Waals surface area (Å²) in [5.41, 5.74) is 6.05. The number of nitrogens with one attached hydrogen (secondary N) is 1. The fourth-order valence-electron chi connectivity index (χ4n) is 1.72. The Labute approximate surface area is 118 Å². The minimum absolute atomic E-state index is 0.0494. The zero-order chi connectivity index (χ0) is 15.6. The highest BCUT2D eigenvalue weighted by Crippen LogP contribution is 2.28. The van der Waals surface area contributed by atoms with Gasteiger partial charge in [-0.1, -0.05) is 12.1 Å². The Kier molecular flexibility index (Phi) is 3.97. The van der Waals surface area contributed by atoms with Crippen LogP contribution in [0.1, 0.15) is 24.4 Å². The molecule has 8 heteroatoms. The van der Waals surface area contributed by atoms with Crippen molar-refractivity contribution >= 4 is 11.6 Å². The zero-order valence-corrected chi connectivity index (χ0v) is 10.9. The Balaban J connectivity index is 2.23. The zero-order valence-electron chi connectivity index (χ0n) is 10.9. The smallest absolute Gasteiger partial charge is 0.384 e. The van der Waals surface area contributed by atoms with Crippen molar-refractivity contribution in [3.8, 4) is 0 Å². The first-order valence-electron chi connectivity index (χ1n) is 5.99. The summed E-state index contributed by atoms with van der Waals surface area (Å²) in [7, 11) is 0. The van der Waals surface area contributed by atoms with Gasteiger partial charge in [-0.3, -0.25) is 0 Å². The summed E-state index contributed by atoms with van der Waals surface area (Å²) in [5.74, 6) is -2.04. The highest BCUT2D eigenvalue weighted by atomic mass is 19.4. The van der Waals surface area contributed by atoms with E-state index in [2.05, 4.69) is 15.3 Å². The number of alkyl halides is 3. The summed E-state index contributed by atoms with van der Waals surface area (Å²) in [4.78, 5) is 6.54. The Morgan fingerprint density at radius 2 is 1.76 bits per heavy atom. The average molecular weight is 300 g/mol. The van der Waals surface area contributed by atoms with Crippen LogP contribution in [0.2, 0.25) is 0 Å². The van der Waals surface area contributed by atoms with E-state index in [1.165, 1.54) is 30.3 Å². The van der Waals surface area contributed by atoms with Crippen molar-refractivity contribution in [1.82, 2.24) is 9.97 Å². The Hall–Kier alpha value is -2.38. The second-order valence-electron chi connectivity index (χ2n) is 4.42. The van der Waals surface area contributed by atoms with Crippen LogP contribution in [-0.2, 0) is 6.18 Å². The molecule has 0 spiro atoms. The normalized spacial score (nSPS) is 13.0. The molecule has 21 heavy (non-hydrogen) atoms. The van der Waals surface area contributed by atoms with Gasteiger partial charge in [0.2, 0.25) is 5.82 Å². The Morgan fingerprint density at radius 3 is 2.33 bits per heavy atom. The van der Waals surface area contributed by atoms with Crippen LogP contribution in [0.25, 0.3) is 0 Å². The van der Waals surface area contributed by atoms with Crippen LogP contribution in [-0.4, -0.2) is 9.97 Å². The van der Waals surface area contributed by atoms with Crippen LogP contribution in [0.15, 0.2) is 30.3 Å². The summed E-state index contributed by atoms with van der Waals surface area (Å²) >= 11 is 0. The van der Waals surface area contributed by atoms with E-state index in [1.54, 1.807) is 6.92 Å². The quantitative estimate of drug-likeness (QED) is 0.853. The van der Waals surface area contributed by atoms with Crippen molar-refractivity contribution in [2.24, 2.45) is 0 Å². The van der Waals surface area contributed by atoms with E-state index in [-0.39, 0.29) is 17.7 Å². The lowest BCUT2D eigenvalue weighted by atomic mass is 10.1. The predicted octanol–water partition coefficient (Wildman–Crippen LogP) is 3.39. The number of rotatable bonds is 3. The number of nitrogen functional groups attached to an aromatic ring is 1. The standard InChI is InChI=1S/C13H12F4N4/c1-7(8-2-4-9(14)5-3-8)19-11-6-10(18)20-12(21-11)13(15,16)17/h2-7H,1H3,(H3,18,19,20,21). The molecule has 0 aliphatic heterocycles. The van der Waals surface area contributed by atoms with Gasteiger partial charge in [0.15, 0.2) is 0 Å². The molecule has 2 aromatic rings. The molecule has 1 unspecified atom stereocenters. The van der Waals surface area contributed by atoms with Crippen molar-refractivity contribution in [3.05, 3.63) is 47.5 Å². The fourth-order valence-corrected chi connectivity index (χ4v) is 1.72. The monoisotopic (exact) mass is 300 g/mol. The van der Waals surface area contributed by atoms with Crippen molar-refractivity contribution in [2.75, 3.05) is 11.1 Å². The van der Waals surface area contributed by atoms with Crippen LogP contribution >= 0.6 is 0 Å². The van der Waals surface area contributed by atoms with E-state index < -0.39 is 17.8 Å². The summed E-state index contributed by atoms with van der Waals surface area (Å²) in [5, 5.41) is 2.78. The van der Waals surface area contributed by atoms with Gasteiger partial charge in [-0.25, -0.2) is 14.4 Å². The molecule has 0 saturated carbocycles. The van der Waals surface area contributed by atoms with Gasteiger partial charge >= 0.3 is 6.18 Å². The van der Waals surface area contributed by atoms with Gasteiger partial charge in [0.1, 0.15) is 17.5 Å². The van der Waals surface area contributed by atoms with Crippen LogP contribution in [0.3, 0.4) is 0 Å². The van der Waals surface area contributed by atoms with Gasteiger partial charge in [-0.2, -0.15) is 13.2 Å². The predicted molar refractivity (Wildman–Crippen MR) is 69.9 cm³/mol. The van der Waals surface area contributed by atoms with E-state index in [0.29, 0.717) is 5.56 Å². The second kappa shape index (κ2) is 5.55. The van der Waals surface area contributed by atoms with E-state index in [0.717, 1.165) is 0 Å². The molecular weight excluding hydrogens is 288 g/mol.